The number of nitrogens with two attached hydrogens (primary N) is 1. The van der Waals surface area contributed by atoms with Gasteiger partial charge in [-0.3, -0.25) is 24.0 Å². The molecule has 0 unspecified atom stereocenters. The highest BCUT2D eigenvalue weighted by molar-refractivity contribution is 7.13. The molecule has 11 heteroatoms. The smallest absolute Gasteiger partial charge is 0.303 e. The fraction of sp³-hybridized carbons (Fsp3) is 0.391. The number of amides is 2. The molecule has 1 aromatic heterocycles. The third-order valence-electron chi connectivity index (χ3n) is 5.11. The first-order valence-electron chi connectivity index (χ1n) is 10.7. The Morgan fingerprint density at radius 1 is 0.971 bits per heavy atom. The number of aromatic nitrogens is 1. The van der Waals surface area contributed by atoms with Gasteiger partial charge in [0.1, 0.15) is 5.01 Å². The standard InChI is InChI=1S/C23H27N3O7S/c24-22(33)15(6-10-20(29)30)12-18(27)17(8-11-21(31)32)26-19(28)9-7-16-13-34-23(25-16)14-4-2-1-3-5-14/h1-5,13,15,17H,6-12H2,(H2,24,33)(H,26,28)(H,29,30)(H,31,32)/t15-,17+/m1/s1. The van der Waals surface area contributed by atoms with Crippen molar-refractivity contribution in [1.29, 1.82) is 0 Å². The van der Waals surface area contributed by atoms with Gasteiger partial charge >= 0.3 is 11.9 Å². The molecule has 0 spiro atoms. The van der Waals surface area contributed by atoms with Crippen LogP contribution in [0.3, 0.4) is 0 Å². The van der Waals surface area contributed by atoms with E-state index in [1.165, 1.54) is 11.3 Å². The van der Waals surface area contributed by atoms with E-state index in [0.29, 0.717) is 6.42 Å². The summed E-state index contributed by atoms with van der Waals surface area (Å²) >= 11 is 1.45. The Kier molecular flexibility index (Phi) is 10.3. The van der Waals surface area contributed by atoms with Crippen molar-refractivity contribution in [3.63, 3.8) is 0 Å². The van der Waals surface area contributed by atoms with Crippen LogP contribution in [0.15, 0.2) is 35.7 Å². The van der Waals surface area contributed by atoms with Crippen molar-refractivity contribution in [2.45, 2.75) is 51.0 Å². The fourth-order valence-corrected chi connectivity index (χ4v) is 4.11. The first-order chi connectivity index (χ1) is 16.2. The van der Waals surface area contributed by atoms with Crippen molar-refractivity contribution < 1.29 is 34.2 Å². The zero-order valence-electron chi connectivity index (χ0n) is 18.4. The molecule has 10 nitrogen and oxygen atoms in total. The van der Waals surface area contributed by atoms with Crippen LogP contribution in [0.25, 0.3) is 10.6 Å². The lowest BCUT2D eigenvalue weighted by atomic mass is 9.92. The molecule has 1 heterocycles. The van der Waals surface area contributed by atoms with E-state index in [-0.39, 0.29) is 38.5 Å². The van der Waals surface area contributed by atoms with Gasteiger partial charge in [-0.25, -0.2) is 4.98 Å². The Morgan fingerprint density at radius 2 is 1.62 bits per heavy atom. The second-order valence-corrected chi connectivity index (χ2v) is 8.62. The molecule has 0 aliphatic heterocycles. The minimum absolute atomic E-state index is 0.0348. The van der Waals surface area contributed by atoms with Gasteiger partial charge in [0.05, 0.1) is 11.7 Å². The Balaban J connectivity index is 1.96. The quantitative estimate of drug-likeness (QED) is 0.293. The van der Waals surface area contributed by atoms with Gasteiger partial charge in [-0.05, 0) is 19.3 Å². The number of nitrogens with zero attached hydrogens (tertiary/aromatic N) is 1. The van der Waals surface area contributed by atoms with Gasteiger partial charge in [-0.1, -0.05) is 30.3 Å². The van der Waals surface area contributed by atoms with Gasteiger partial charge in [0.25, 0.3) is 0 Å². The molecule has 0 bridgehead atoms. The van der Waals surface area contributed by atoms with E-state index in [4.69, 9.17) is 15.9 Å². The third-order valence-corrected chi connectivity index (χ3v) is 6.05. The second-order valence-electron chi connectivity index (χ2n) is 7.76. The number of carboxylic acids is 2. The van der Waals surface area contributed by atoms with Crippen molar-refractivity contribution in [2.24, 2.45) is 11.7 Å². The van der Waals surface area contributed by atoms with Crippen molar-refractivity contribution in [3.8, 4) is 10.6 Å². The zero-order chi connectivity index (χ0) is 25.1. The van der Waals surface area contributed by atoms with Crippen LogP contribution in [0, 0.1) is 5.92 Å². The molecule has 0 aliphatic carbocycles. The lowest BCUT2D eigenvalue weighted by molar-refractivity contribution is -0.139. The topological polar surface area (TPSA) is 177 Å². The van der Waals surface area contributed by atoms with Crippen LogP contribution in [0.5, 0.6) is 0 Å². The molecule has 5 N–H and O–H groups in total. The Morgan fingerprint density at radius 3 is 2.24 bits per heavy atom. The summed E-state index contributed by atoms with van der Waals surface area (Å²) in [7, 11) is 0. The second kappa shape index (κ2) is 13.2. The van der Waals surface area contributed by atoms with Crippen molar-refractivity contribution in [3.05, 3.63) is 41.4 Å². The van der Waals surface area contributed by atoms with Crippen LogP contribution in [0.1, 0.15) is 44.2 Å². The number of hydrogen-bond acceptors (Lipinski definition) is 7. The maximum Gasteiger partial charge on any atom is 0.303 e. The Hall–Kier alpha value is -3.60. The molecule has 0 fully saturated rings. The highest BCUT2D eigenvalue weighted by Gasteiger charge is 2.27. The molecule has 0 aliphatic rings. The summed E-state index contributed by atoms with van der Waals surface area (Å²) in [5.41, 5.74) is 6.96. The number of rotatable bonds is 15. The normalized spacial score (nSPS) is 12.5. The van der Waals surface area contributed by atoms with Crippen LogP contribution in [0.4, 0.5) is 0 Å². The molecule has 2 aromatic rings. The lowest BCUT2D eigenvalue weighted by Crippen LogP contribution is -2.43. The maximum atomic E-state index is 12.7. The van der Waals surface area contributed by atoms with E-state index < -0.39 is 41.5 Å². The molecule has 2 rings (SSSR count). The first-order valence-corrected chi connectivity index (χ1v) is 11.6. The van der Waals surface area contributed by atoms with Crippen LogP contribution >= 0.6 is 11.3 Å². The van der Waals surface area contributed by atoms with Gasteiger partial charge in [0.2, 0.25) is 11.8 Å². The number of ketones is 1. The molecule has 0 radical (unpaired) electrons. The monoisotopic (exact) mass is 489 g/mol. The Bertz CT molecular complexity index is 1020. The largest absolute Gasteiger partial charge is 0.481 e. The van der Waals surface area contributed by atoms with Gasteiger partial charge in [-0.2, -0.15) is 0 Å². The van der Waals surface area contributed by atoms with E-state index in [1.54, 1.807) is 0 Å². The van der Waals surface area contributed by atoms with E-state index in [9.17, 15) is 24.0 Å². The number of carboxylic acid groups (broad SMARTS) is 2. The number of hydrogen-bond donors (Lipinski definition) is 4. The van der Waals surface area contributed by atoms with Gasteiger partial charge in [-0.15, -0.1) is 11.3 Å². The summed E-state index contributed by atoms with van der Waals surface area (Å²) in [4.78, 5) is 63.1. The number of carbonyl (C=O) groups is 5. The predicted molar refractivity (Wildman–Crippen MR) is 124 cm³/mol. The molecule has 0 saturated carbocycles. The summed E-state index contributed by atoms with van der Waals surface area (Å²) in [6.45, 7) is 0. The molecule has 34 heavy (non-hydrogen) atoms. The number of Topliss-reactive ketones (excluding diaryl/α,β-unsaturated/α-hetero) is 1. The van der Waals surface area contributed by atoms with Crippen LogP contribution in [0.2, 0.25) is 0 Å². The summed E-state index contributed by atoms with van der Waals surface area (Å²) in [5.74, 6) is -5.13. The summed E-state index contributed by atoms with van der Waals surface area (Å²) in [6.07, 6.45) is -0.988. The number of primary amides is 1. The van der Waals surface area contributed by atoms with Gasteiger partial charge < -0.3 is 21.3 Å². The van der Waals surface area contributed by atoms with Crippen LogP contribution in [-0.2, 0) is 30.4 Å². The van der Waals surface area contributed by atoms with Crippen LogP contribution < -0.4 is 11.1 Å². The number of carbonyl (C=O) groups excluding carboxylic acids is 3. The first kappa shape index (κ1) is 26.7. The number of aliphatic carboxylic acids is 2. The van der Waals surface area contributed by atoms with E-state index in [0.717, 1.165) is 16.3 Å². The van der Waals surface area contributed by atoms with Crippen molar-refractivity contribution in [1.82, 2.24) is 10.3 Å². The third kappa shape index (κ3) is 9.10. The fourth-order valence-electron chi connectivity index (χ4n) is 3.25. The van der Waals surface area contributed by atoms with E-state index in [2.05, 4.69) is 10.3 Å². The van der Waals surface area contributed by atoms with E-state index >= 15 is 0 Å². The highest BCUT2D eigenvalue weighted by Crippen LogP contribution is 2.23. The van der Waals surface area contributed by atoms with E-state index in [1.807, 2.05) is 35.7 Å². The molecule has 182 valence electrons. The molecule has 0 saturated heterocycles. The maximum absolute atomic E-state index is 12.7. The highest BCUT2D eigenvalue weighted by atomic mass is 32.1. The van der Waals surface area contributed by atoms with Crippen molar-refractivity contribution >= 4 is 40.9 Å². The average Bonchev–Trinajstić information content (AvgIpc) is 3.27. The molecular formula is C23H27N3O7S. The summed E-state index contributed by atoms with van der Waals surface area (Å²) in [6, 6.07) is 8.46. The molecule has 2 atom stereocenters. The SMILES string of the molecule is NC(=O)[C@H](CCC(=O)O)CC(=O)[C@H](CCC(=O)O)NC(=O)CCc1csc(-c2ccccc2)n1. The van der Waals surface area contributed by atoms with Crippen molar-refractivity contribution in [2.75, 3.05) is 0 Å². The average molecular weight is 490 g/mol. The Labute approximate surface area is 200 Å². The van der Waals surface area contributed by atoms with Gasteiger partial charge in [0, 0.05) is 42.5 Å². The summed E-state index contributed by atoms with van der Waals surface area (Å²) in [5, 5.41) is 23.0. The molecule has 1 aromatic carbocycles. The number of benzene rings is 1. The lowest BCUT2D eigenvalue weighted by Gasteiger charge is -2.19. The number of aryl methyl sites for hydroxylation is 1. The minimum atomic E-state index is -1.14. The molecule has 2 amide bonds. The molecular weight excluding hydrogens is 462 g/mol. The number of thiazole rings is 1. The van der Waals surface area contributed by atoms with Crippen LogP contribution in [-0.4, -0.2) is 50.8 Å². The predicted octanol–water partition coefficient (Wildman–Crippen LogP) is 2.02. The summed E-state index contributed by atoms with van der Waals surface area (Å²) < 4.78 is 0. The van der Waals surface area contributed by atoms with Gasteiger partial charge in [0.15, 0.2) is 5.78 Å². The number of nitrogens with one attached hydrogen (secondary N) is 1. The zero-order valence-corrected chi connectivity index (χ0v) is 19.3. The minimum Gasteiger partial charge on any atom is -0.481 e.